The molecular weight excluding hydrogens is 376 g/mol. The summed E-state index contributed by atoms with van der Waals surface area (Å²) in [5.41, 5.74) is 0.600. The maximum Gasteiger partial charge on any atom is 0.226 e. The van der Waals surface area contributed by atoms with Crippen LogP contribution in [0.3, 0.4) is 0 Å². The maximum atomic E-state index is 11.9. The molecule has 6 nitrogen and oxygen atoms in total. The van der Waals surface area contributed by atoms with Gasteiger partial charge in [-0.3, -0.25) is 4.79 Å². The third-order valence-corrected chi connectivity index (χ3v) is 4.23. The Morgan fingerprint density at radius 2 is 2.33 bits per heavy atom. The number of hydrogen-bond acceptors (Lipinski definition) is 5. The van der Waals surface area contributed by atoms with E-state index in [2.05, 4.69) is 26.4 Å². The van der Waals surface area contributed by atoms with Crippen LogP contribution < -0.4 is 10.1 Å². The van der Waals surface area contributed by atoms with Crippen LogP contribution in [-0.2, 0) is 22.6 Å². The van der Waals surface area contributed by atoms with Crippen molar-refractivity contribution < 1.29 is 18.8 Å². The van der Waals surface area contributed by atoms with Crippen LogP contribution in [-0.4, -0.2) is 30.8 Å². The number of nitrogens with zero attached hydrogens (tertiary/aromatic N) is 1. The van der Waals surface area contributed by atoms with Crippen LogP contribution in [0.4, 0.5) is 0 Å². The lowest BCUT2D eigenvalue weighted by Crippen LogP contribution is -2.30. The lowest BCUT2D eigenvalue weighted by atomic mass is 10.1. The van der Waals surface area contributed by atoms with Crippen molar-refractivity contribution in [3.8, 4) is 5.75 Å². The summed E-state index contributed by atoms with van der Waals surface area (Å²) < 4.78 is 17.1. The second-order valence-corrected chi connectivity index (χ2v) is 6.66. The Bertz CT molecular complexity index is 683. The van der Waals surface area contributed by atoms with Gasteiger partial charge in [0.05, 0.1) is 18.7 Å². The molecule has 1 saturated heterocycles. The van der Waals surface area contributed by atoms with Gasteiger partial charge in [0.25, 0.3) is 0 Å². The first-order valence-corrected chi connectivity index (χ1v) is 8.65. The van der Waals surface area contributed by atoms with Gasteiger partial charge in [0.15, 0.2) is 5.76 Å². The highest BCUT2D eigenvalue weighted by Crippen LogP contribution is 2.19. The zero-order chi connectivity index (χ0) is 16.8. The van der Waals surface area contributed by atoms with Crippen LogP contribution in [0.5, 0.6) is 5.75 Å². The van der Waals surface area contributed by atoms with Crippen molar-refractivity contribution in [2.45, 2.75) is 19.4 Å². The number of hydrogen-bond donors (Lipinski definition) is 1. The molecule has 0 spiro atoms. The first kappa shape index (κ1) is 17.0. The third-order valence-electron chi connectivity index (χ3n) is 3.74. The van der Waals surface area contributed by atoms with Crippen molar-refractivity contribution in [3.63, 3.8) is 0 Å². The van der Waals surface area contributed by atoms with Crippen molar-refractivity contribution in [1.82, 2.24) is 10.5 Å². The SMILES string of the molecule is O=C(Cc1cc(COc2cccc(Br)c2)on1)NCC1CCOC1. The molecule has 0 bridgehead atoms. The van der Waals surface area contributed by atoms with Crippen LogP contribution >= 0.6 is 15.9 Å². The number of aromatic nitrogens is 1. The first-order valence-electron chi connectivity index (χ1n) is 7.86. The highest BCUT2D eigenvalue weighted by Gasteiger charge is 2.17. The van der Waals surface area contributed by atoms with Gasteiger partial charge in [-0.25, -0.2) is 0 Å². The molecule has 24 heavy (non-hydrogen) atoms. The second kappa shape index (κ2) is 8.30. The molecule has 7 heteroatoms. The molecule has 0 radical (unpaired) electrons. The molecule has 1 amide bonds. The number of nitrogens with one attached hydrogen (secondary N) is 1. The largest absolute Gasteiger partial charge is 0.486 e. The van der Waals surface area contributed by atoms with E-state index in [1.54, 1.807) is 6.07 Å². The van der Waals surface area contributed by atoms with Gasteiger partial charge in [-0.05, 0) is 24.6 Å². The summed E-state index contributed by atoms with van der Waals surface area (Å²) in [5.74, 6) is 1.68. The summed E-state index contributed by atoms with van der Waals surface area (Å²) in [6.45, 7) is 2.42. The Morgan fingerprint density at radius 1 is 1.42 bits per heavy atom. The average Bonchev–Trinajstić information content (AvgIpc) is 3.23. The topological polar surface area (TPSA) is 73.6 Å². The van der Waals surface area contributed by atoms with E-state index in [9.17, 15) is 4.79 Å². The predicted octanol–water partition coefficient (Wildman–Crippen LogP) is 2.71. The zero-order valence-electron chi connectivity index (χ0n) is 13.2. The molecule has 1 fully saturated rings. The molecule has 0 aliphatic carbocycles. The van der Waals surface area contributed by atoms with E-state index in [1.807, 2.05) is 24.3 Å². The molecule has 2 heterocycles. The number of benzene rings is 1. The molecule has 1 aliphatic heterocycles. The van der Waals surface area contributed by atoms with Crippen LogP contribution in [0.25, 0.3) is 0 Å². The van der Waals surface area contributed by atoms with Crippen LogP contribution in [0.15, 0.2) is 39.3 Å². The van der Waals surface area contributed by atoms with Gasteiger partial charge < -0.3 is 19.3 Å². The van der Waals surface area contributed by atoms with Gasteiger partial charge in [-0.15, -0.1) is 0 Å². The lowest BCUT2D eigenvalue weighted by molar-refractivity contribution is -0.120. The third kappa shape index (κ3) is 5.07. The van der Waals surface area contributed by atoms with Gasteiger partial charge in [0.1, 0.15) is 12.4 Å². The van der Waals surface area contributed by atoms with E-state index in [1.165, 1.54) is 0 Å². The standard InChI is InChI=1S/C17H19BrN2O4/c18-13-2-1-3-15(6-13)23-11-16-7-14(20-24-16)8-17(21)19-9-12-4-5-22-10-12/h1-3,6-7,12H,4-5,8-11H2,(H,19,21). The number of halogens is 1. The number of rotatable bonds is 7. The number of ether oxygens (including phenoxy) is 2. The summed E-state index contributed by atoms with van der Waals surface area (Å²) in [6.07, 6.45) is 1.20. The fourth-order valence-electron chi connectivity index (χ4n) is 2.45. The molecule has 1 aliphatic rings. The first-order chi connectivity index (χ1) is 11.7. The van der Waals surface area contributed by atoms with E-state index in [0.29, 0.717) is 23.9 Å². The van der Waals surface area contributed by atoms with Gasteiger partial charge in [-0.1, -0.05) is 27.2 Å². The van der Waals surface area contributed by atoms with E-state index in [4.69, 9.17) is 14.0 Å². The molecule has 3 rings (SSSR count). The predicted molar refractivity (Wildman–Crippen MR) is 90.6 cm³/mol. The molecule has 0 saturated carbocycles. The summed E-state index contributed by atoms with van der Waals surface area (Å²) in [5, 5.41) is 6.83. The van der Waals surface area contributed by atoms with E-state index in [0.717, 1.165) is 29.9 Å². The van der Waals surface area contributed by atoms with E-state index >= 15 is 0 Å². The van der Waals surface area contributed by atoms with E-state index < -0.39 is 0 Å². The van der Waals surface area contributed by atoms with Crippen molar-refractivity contribution in [2.24, 2.45) is 5.92 Å². The minimum atomic E-state index is -0.0605. The summed E-state index contributed by atoms with van der Waals surface area (Å²) in [6, 6.07) is 9.30. The van der Waals surface area contributed by atoms with Gasteiger partial charge in [0.2, 0.25) is 5.91 Å². The highest BCUT2D eigenvalue weighted by atomic mass is 79.9. The van der Waals surface area contributed by atoms with Crippen LogP contribution in [0.1, 0.15) is 17.9 Å². The highest BCUT2D eigenvalue weighted by molar-refractivity contribution is 9.10. The fraction of sp³-hybridized carbons (Fsp3) is 0.412. The summed E-state index contributed by atoms with van der Waals surface area (Å²) in [7, 11) is 0. The molecule has 1 N–H and O–H groups in total. The number of carbonyl (C=O) groups is 1. The number of carbonyl (C=O) groups excluding carboxylic acids is 1. The second-order valence-electron chi connectivity index (χ2n) is 5.74. The van der Waals surface area contributed by atoms with Gasteiger partial charge in [-0.2, -0.15) is 0 Å². The Kier molecular flexibility index (Phi) is 5.87. The quantitative estimate of drug-likeness (QED) is 0.781. The van der Waals surface area contributed by atoms with Crippen molar-refractivity contribution in [2.75, 3.05) is 19.8 Å². The zero-order valence-corrected chi connectivity index (χ0v) is 14.8. The molecule has 2 aromatic rings. The normalized spacial score (nSPS) is 17.0. The van der Waals surface area contributed by atoms with Crippen LogP contribution in [0.2, 0.25) is 0 Å². The van der Waals surface area contributed by atoms with E-state index in [-0.39, 0.29) is 18.9 Å². The molecule has 1 aromatic heterocycles. The Labute approximate surface area is 148 Å². The van der Waals surface area contributed by atoms with Crippen molar-refractivity contribution >= 4 is 21.8 Å². The summed E-state index contributed by atoms with van der Waals surface area (Å²) >= 11 is 3.39. The van der Waals surface area contributed by atoms with Gasteiger partial charge in [0, 0.05) is 29.6 Å². The Hall–Kier alpha value is -1.86. The fourth-order valence-corrected chi connectivity index (χ4v) is 2.83. The maximum absolute atomic E-state index is 11.9. The number of amides is 1. The molecule has 128 valence electrons. The average molecular weight is 395 g/mol. The van der Waals surface area contributed by atoms with Crippen molar-refractivity contribution in [3.05, 3.63) is 46.3 Å². The lowest BCUT2D eigenvalue weighted by Gasteiger charge is -2.08. The summed E-state index contributed by atoms with van der Waals surface area (Å²) in [4.78, 5) is 11.9. The minimum Gasteiger partial charge on any atom is -0.486 e. The molecule has 1 atom stereocenters. The monoisotopic (exact) mass is 394 g/mol. The Balaban J connectivity index is 1.43. The molecule has 1 unspecified atom stereocenters. The molecule has 1 aromatic carbocycles. The van der Waals surface area contributed by atoms with Gasteiger partial charge >= 0.3 is 0 Å². The van der Waals surface area contributed by atoms with Crippen molar-refractivity contribution in [1.29, 1.82) is 0 Å². The minimum absolute atomic E-state index is 0.0605. The molecular formula is C17H19BrN2O4. The smallest absolute Gasteiger partial charge is 0.226 e. The Morgan fingerprint density at radius 3 is 3.12 bits per heavy atom. The van der Waals surface area contributed by atoms with Crippen LogP contribution in [0, 0.1) is 5.92 Å².